The molecule has 138 valence electrons. The molecule has 25 heavy (non-hydrogen) atoms. The van der Waals surface area contributed by atoms with Gasteiger partial charge < -0.3 is 15.2 Å². The van der Waals surface area contributed by atoms with Crippen molar-refractivity contribution in [3.63, 3.8) is 0 Å². The van der Waals surface area contributed by atoms with Crippen molar-refractivity contribution < 1.29 is 14.6 Å². The van der Waals surface area contributed by atoms with E-state index in [0.717, 1.165) is 45.3 Å². The maximum atomic E-state index is 12.3. The topological polar surface area (TPSA) is 61.8 Å². The lowest BCUT2D eigenvalue weighted by Crippen LogP contribution is -2.49. The summed E-state index contributed by atoms with van der Waals surface area (Å²) in [6.07, 6.45) is 5.36. The highest BCUT2D eigenvalue weighted by atomic mass is 16.5. The molecule has 3 rings (SSSR count). The molecule has 2 fully saturated rings. The second-order valence-corrected chi connectivity index (χ2v) is 7.52. The average Bonchev–Trinajstić information content (AvgIpc) is 2.62. The van der Waals surface area contributed by atoms with Gasteiger partial charge in [-0.05, 0) is 68.8 Å². The first-order valence-corrected chi connectivity index (χ1v) is 9.40. The highest BCUT2D eigenvalue weighted by Crippen LogP contribution is 2.34. The minimum absolute atomic E-state index is 0.0290. The largest absolute Gasteiger partial charge is 0.396 e. The lowest BCUT2D eigenvalue weighted by atomic mass is 9.80. The van der Waals surface area contributed by atoms with Crippen LogP contribution in [-0.2, 0) is 11.3 Å². The number of benzene rings is 1. The number of nitrogens with one attached hydrogen (secondary N) is 1. The van der Waals surface area contributed by atoms with Gasteiger partial charge in [-0.25, -0.2) is 0 Å². The van der Waals surface area contributed by atoms with Crippen LogP contribution in [0.1, 0.15) is 48.0 Å². The van der Waals surface area contributed by atoms with Crippen LogP contribution in [-0.4, -0.2) is 54.9 Å². The number of aliphatic hydroxyl groups is 1. The minimum atomic E-state index is -0.143. The van der Waals surface area contributed by atoms with Gasteiger partial charge in [0.25, 0.3) is 5.91 Å². The van der Waals surface area contributed by atoms with E-state index in [-0.39, 0.29) is 11.5 Å². The second-order valence-electron chi connectivity index (χ2n) is 7.52. The fourth-order valence-corrected chi connectivity index (χ4v) is 3.71. The molecule has 1 aliphatic heterocycles. The van der Waals surface area contributed by atoms with Gasteiger partial charge in [0.2, 0.25) is 0 Å². The van der Waals surface area contributed by atoms with E-state index in [1.165, 1.54) is 12.0 Å². The third-order valence-electron chi connectivity index (χ3n) is 5.86. The van der Waals surface area contributed by atoms with E-state index in [2.05, 4.69) is 10.2 Å². The van der Waals surface area contributed by atoms with E-state index < -0.39 is 0 Å². The van der Waals surface area contributed by atoms with Crippen LogP contribution in [0.4, 0.5) is 0 Å². The van der Waals surface area contributed by atoms with Crippen LogP contribution in [0.5, 0.6) is 0 Å². The zero-order chi connectivity index (χ0) is 17.7. The third kappa shape index (κ3) is 4.60. The van der Waals surface area contributed by atoms with Crippen LogP contribution in [0.2, 0.25) is 0 Å². The van der Waals surface area contributed by atoms with E-state index >= 15 is 0 Å². The van der Waals surface area contributed by atoms with Crippen LogP contribution in [0.15, 0.2) is 24.3 Å². The molecule has 1 amide bonds. The summed E-state index contributed by atoms with van der Waals surface area (Å²) in [4.78, 5) is 14.7. The van der Waals surface area contributed by atoms with Crippen molar-refractivity contribution in [3.05, 3.63) is 35.4 Å². The first-order valence-electron chi connectivity index (χ1n) is 9.40. The van der Waals surface area contributed by atoms with Crippen LogP contribution < -0.4 is 5.32 Å². The van der Waals surface area contributed by atoms with Crippen molar-refractivity contribution in [2.75, 3.05) is 33.4 Å². The predicted octanol–water partition coefficient (Wildman–Crippen LogP) is 2.19. The normalized spacial score (nSPS) is 20.9. The molecule has 0 bridgehead atoms. The maximum Gasteiger partial charge on any atom is 0.251 e. The number of carbonyl (C=O) groups is 1. The molecule has 5 heteroatoms. The zero-order valence-corrected chi connectivity index (χ0v) is 15.2. The Kier molecular flexibility index (Phi) is 6.10. The van der Waals surface area contributed by atoms with Crippen LogP contribution in [0.3, 0.4) is 0 Å². The van der Waals surface area contributed by atoms with Crippen molar-refractivity contribution >= 4 is 5.91 Å². The summed E-state index contributed by atoms with van der Waals surface area (Å²) in [6.45, 7) is 3.87. The number of hydrogen-bond donors (Lipinski definition) is 2. The van der Waals surface area contributed by atoms with Crippen molar-refractivity contribution in [1.82, 2.24) is 10.2 Å². The number of likely N-dealkylation sites (tertiary alicyclic amines) is 1. The van der Waals surface area contributed by atoms with Gasteiger partial charge in [-0.15, -0.1) is 0 Å². The summed E-state index contributed by atoms with van der Waals surface area (Å²) < 4.78 is 5.54. The molecule has 1 heterocycles. The molecule has 1 aromatic rings. The van der Waals surface area contributed by atoms with Crippen molar-refractivity contribution in [1.29, 1.82) is 0 Å². The van der Waals surface area contributed by atoms with Gasteiger partial charge in [-0.3, -0.25) is 9.69 Å². The molecule has 1 aromatic carbocycles. The Balaban J connectivity index is 1.47. The number of hydrogen-bond acceptors (Lipinski definition) is 4. The summed E-state index contributed by atoms with van der Waals surface area (Å²) in [5.74, 6) is 0.437. The molecule has 2 aliphatic rings. The molecular weight excluding hydrogens is 316 g/mol. The lowest BCUT2D eigenvalue weighted by Gasteiger charge is -2.40. The average molecular weight is 346 g/mol. The summed E-state index contributed by atoms with van der Waals surface area (Å²) >= 11 is 0. The Hall–Kier alpha value is -1.43. The first kappa shape index (κ1) is 18.4. The third-order valence-corrected chi connectivity index (χ3v) is 5.86. The Labute approximate surface area is 150 Å². The summed E-state index contributed by atoms with van der Waals surface area (Å²) in [5, 5.41) is 12.2. The summed E-state index contributed by atoms with van der Waals surface area (Å²) in [6, 6.07) is 7.90. The minimum Gasteiger partial charge on any atom is -0.396 e. The Morgan fingerprint density at radius 3 is 2.48 bits per heavy atom. The quantitative estimate of drug-likeness (QED) is 0.794. The van der Waals surface area contributed by atoms with Crippen LogP contribution in [0.25, 0.3) is 0 Å². The Morgan fingerprint density at radius 1 is 1.28 bits per heavy atom. The fourth-order valence-electron chi connectivity index (χ4n) is 3.71. The van der Waals surface area contributed by atoms with E-state index in [1.54, 1.807) is 7.11 Å². The Morgan fingerprint density at radius 2 is 1.96 bits per heavy atom. The molecule has 1 aliphatic carbocycles. The molecule has 0 aromatic heterocycles. The van der Waals surface area contributed by atoms with Crippen LogP contribution >= 0.6 is 0 Å². The van der Waals surface area contributed by atoms with Crippen molar-refractivity contribution in [2.45, 2.75) is 44.2 Å². The number of aliphatic hydroxyl groups excluding tert-OH is 1. The Bertz CT molecular complexity index is 555. The second kappa shape index (κ2) is 8.30. The molecule has 0 spiro atoms. The van der Waals surface area contributed by atoms with E-state index in [0.29, 0.717) is 24.6 Å². The van der Waals surface area contributed by atoms with Gasteiger partial charge in [0.1, 0.15) is 0 Å². The summed E-state index contributed by atoms with van der Waals surface area (Å²) in [7, 11) is 1.73. The number of nitrogens with zero attached hydrogens (tertiary/aromatic N) is 1. The number of ether oxygens (including phenoxy) is 1. The highest BCUT2D eigenvalue weighted by Gasteiger charge is 2.37. The number of amides is 1. The van der Waals surface area contributed by atoms with E-state index in [4.69, 9.17) is 4.74 Å². The van der Waals surface area contributed by atoms with Gasteiger partial charge in [0.15, 0.2) is 0 Å². The van der Waals surface area contributed by atoms with Gasteiger partial charge in [0, 0.05) is 32.4 Å². The lowest BCUT2D eigenvalue weighted by molar-refractivity contribution is -0.0679. The summed E-state index contributed by atoms with van der Waals surface area (Å²) in [5.41, 5.74) is 1.79. The molecule has 1 saturated heterocycles. The molecule has 2 N–H and O–H groups in total. The van der Waals surface area contributed by atoms with Gasteiger partial charge in [0.05, 0.1) is 5.60 Å². The smallest absolute Gasteiger partial charge is 0.251 e. The first-order chi connectivity index (χ1) is 12.1. The standard InChI is InChI=1S/C20H30N2O3/c1-25-20(9-2-10-20)15-21-19(24)18-5-3-16(4-6-18)13-22-11-7-17(14-23)8-12-22/h3-6,17,23H,2,7-15H2,1H3,(H,21,24). The van der Waals surface area contributed by atoms with Gasteiger partial charge >= 0.3 is 0 Å². The maximum absolute atomic E-state index is 12.3. The molecular formula is C20H30N2O3. The number of carbonyl (C=O) groups excluding carboxylic acids is 1. The highest BCUT2D eigenvalue weighted by molar-refractivity contribution is 5.94. The van der Waals surface area contributed by atoms with E-state index in [9.17, 15) is 9.90 Å². The molecule has 1 saturated carbocycles. The SMILES string of the molecule is COC1(CNC(=O)c2ccc(CN3CCC(CO)CC3)cc2)CCC1. The van der Waals surface area contributed by atoms with Gasteiger partial charge in [-0.2, -0.15) is 0 Å². The van der Waals surface area contributed by atoms with Crippen molar-refractivity contribution in [3.8, 4) is 0 Å². The monoisotopic (exact) mass is 346 g/mol. The van der Waals surface area contributed by atoms with E-state index in [1.807, 2.05) is 24.3 Å². The molecule has 5 nitrogen and oxygen atoms in total. The number of piperidine rings is 1. The fraction of sp³-hybridized carbons (Fsp3) is 0.650. The van der Waals surface area contributed by atoms with Crippen LogP contribution in [0, 0.1) is 5.92 Å². The molecule has 0 unspecified atom stereocenters. The number of rotatable bonds is 7. The van der Waals surface area contributed by atoms with Crippen molar-refractivity contribution in [2.24, 2.45) is 5.92 Å². The molecule has 0 radical (unpaired) electrons. The predicted molar refractivity (Wildman–Crippen MR) is 97.5 cm³/mol. The van der Waals surface area contributed by atoms with Gasteiger partial charge in [-0.1, -0.05) is 12.1 Å². The zero-order valence-electron chi connectivity index (χ0n) is 15.2. The number of methoxy groups -OCH3 is 1. The molecule has 0 atom stereocenters.